The first-order valence-electron chi connectivity index (χ1n) is 12.5. The summed E-state index contributed by atoms with van der Waals surface area (Å²) in [6.07, 6.45) is 2.40. The lowest BCUT2D eigenvalue weighted by Crippen LogP contribution is -2.52. The first-order chi connectivity index (χ1) is 17.4. The molecule has 0 radical (unpaired) electrons. The molecule has 0 unspecified atom stereocenters. The maximum absolute atomic E-state index is 12.7. The van der Waals surface area contributed by atoms with Crippen LogP contribution in [-0.4, -0.2) is 58.7 Å². The Balaban J connectivity index is 1.30. The van der Waals surface area contributed by atoms with Crippen LogP contribution >= 0.6 is 0 Å². The Morgan fingerprint density at radius 1 is 1.06 bits per heavy atom. The average molecular weight is 490 g/mol. The number of para-hydroxylation sites is 2. The van der Waals surface area contributed by atoms with Crippen molar-refractivity contribution in [2.75, 3.05) is 37.6 Å². The van der Waals surface area contributed by atoms with Crippen molar-refractivity contribution in [1.82, 2.24) is 19.4 Å². The third kappa shape index (κ3) is 5.60. The molecule has 8 heteroatoms. The van der Waals surface area contributed by atoms with E-state index in [4.69, 9.17) is 0 Å². The summed E-state index contributed by atoms with van der Waals surface area (Å²) in [5.74, 6) is -0.277. The molecule has 0 bridgehead atoms. The van der Waals surface area contributed by atoms with Gasteiger partial charge in [0, 0.05) is 44.5 Å². The zero-order valence-corrected chi connectivity index (χ0v) is 21.2. The Morgan fingerprint density at radius 3 is 2.47 bits per heavy atom. The fourth-order valence-electron chi connectivity index (χ4n) is 4.99. The molecule has 1 fully saturated rings. The van der Waals surface area contributed by atoms with E-state index in [1.807, 2.05) is 0 Å². The van der Waals surface area contributed by atoms with E-state index < -0.39 is 11.1 Å². The highest BCUT2D eigenvalue weighted by atomic mass is 16.2. The van der Waals surface area contributed by atoms with Gasteiger partial charge in [0.25, 0.3) is 0 Å². The molecule has 3 aromatic rings. The number of aromatic nitrogens is 2. The molecule has 2 heterocycles. The number of allylic oxidation sites excluding steroid dienone is 1. The van der Waals surface area contributed by atoms with Gasteiger partial charge in [0.2, 0.25) is 5.91 Å². The summed E-state index contributed by atoms with van der Waals surface area (Å²) in [6.45, 7) is 12.4. The van der Waals surface area contributed by atoms with Gasteiger partial charge in [0.05, 0.1) is 11.0 Å². The molecule has 190 valence electrons. The van der Waals surface area contributed by atoms with Crippen LogP contribution in [0.3, 0.4) is 0 Å². The van der Waals surface area contributed by atoms with Gasteiger partial charge in [-0.25, -0.2) is 0 Å². The lowest BCUT2D eigenvalue weighted by atomic mass is 10.1. The fourth-order valence-corrected chi connectivity index (χ4v) is 4.99. The maximum Gasteiger partial charge on any atom is 0.317 e. The van der Waals surface area contributed by atoms with Crippen molar-refractivity contribution in [1.29, 1.82) is 0 Å². The Bertz CT molecular complexity index is 1360. The van der Waals surface area contributed by atoms with Crippen LogP contribution in [0.5, 0.6) is 0 Å². The second kappa shape index (κ2) is 11.4. The molecule has 36 heavy (non-hydrogen) atoms. The lowest BCUT2D eigenvalue weighted by Gasteiger charge is -2.41. The van der Waals surface area contributed by atoms with E-state index in [1.54, 1.807) is 30.3 Å². The number of fused-ring (bicyclic) bond motifs is 1. The fraction of sp³-hybridized carbons (Fsp3) is 0.393. The highest BCUT2D eigenvalue weighted by Crippen LogP contribution is 2.21. The molecule has 2 aromatic carbocycles. The van der Waals surface area contributed by atoms with E-state index in [9.17, 15) is 14.4 Å². The minimum atomic E-state index is -0.703. The molecule has 1 saturated heterocycles. The summed E-state index contributed by atoms with van der Waals surface area (Å²) in [5, 5.41) is 2.91. The quantitative estimate of drug-likeness (QED) is 0.284. The molecule has 1 atom stereocenters. The van der Waals surface area contributed by atoms with Crippen molar-refractivity contribution in [3.8, 4) is 0 Å². The van der Waals surface area contributed by atoms with Crippen molar-refractivity contribution in [3.63, 3.8) is 0 Å². The van der Waals surface area contributed by atoms with E-state index in [2.05, 4.69) is 59.8 Å². The SMILES string of the molecule is C=CCn1c(=O)c(=O)n(CC(=O)NCCCN2CCN(c3cccc(C)c3)[C@H](C)C2)c2ccccc21. The largest absolute Gasteiger partial charge is 0.366 e. The Labute approximate surface area is 211 Å². The molecular weight excluding hydrogens is 454 g/mol. The van der Waals surface area contributed by atoms with Crippen molar-refractivity contribution in [3.05, 3.63) is 87.5 Å². The van der Waals surface area contributed by atoms with Crippen molar-refractivity contribution >= 4 is 22.6 Å². The van der Waals surface area contributed by atoms with Gasteiger partial charge in [-0.1, -0.05) is 30.3 Å². The molecule has 0 spiro atoms. The Kier molecular flexibility index (Phi) is 8.05. The van der Waals surface area contributed by atoms with Gasteiger partial charge in [-0.15, -0.1) is 6.58 Å². The van der Waals surface area contributed by atoms with E-state index in [1.165, 1.54) is 20.4 Å². The van der Waals surface area contributed by atoms with Crippen LogP contribution in [0.2, 0.25) is 0 Å². The van der Waals surface area contributed by atoms with E-state index in [-0.39, 0.29) is 19.0 Å². The predicted molar refractivity (Wildman–Crippen MR) is 145 cm³/mol. The van der Waals surface area contributed by atoms with Gasteiger partial charge < -0.3 is 10.2 Å². The van der Waals surface area contributed by atoms with Crippen LogP contribution in [0.25, 0.3) is 11.0 Å². The zero-order valence-electron chi connectivity index (χ0n) is 21.2. The highest BCUT2D eigenvalue weighted by Gasteiger charge is 2.23. The number of aryl methyl sites for hydroxylation is 1. The Hall–Kier alpha value is -3.65. The molecule has 0 aliphatic carbocycles. The number of rotatable bonds is 9. The number of amides is 1. The predicted octanol–water partition coefficient (Wildman–Crippen LogP) is 2.37. The highest BCUT2D eigenvalue weighted by molar-refractivity contribution is 5.80. The monoisotopic (exact) mass is 489 g/mol. The lowest BCUT2D eigenvalue weighted by molar-refractivity contribution is -0.121. The number of benzene rings is 2. The minimum absolute atomic E-state index is 0.185. The van der Waals surface area contributed by atoms with Gasteiger partial charge in [0.1, 0.15) is 6.54 Å². The van der Waals surface area contributed by atoms with Crippen molar-refractivity contribution in [2.45, 2.75) is 39.4 Å². The van der Waals surface area contributed by atoms with Crippen LogP contribution in [0.1, 0.15) is 18.9 Å². The first kappa shape index (κ1) is 25.4. The average Bonchev–Trinajstić information content (AvgIpc) is 2.87. The van der Waals surface area contributed by atoms with E-state index in [0.29, 0.717) is 23.6 Å². The summed E-state index contributed by atoms with van der Waals surface area (Å²) in [6, 6.07) is 16.2. The van der Waals surface area contributed by atoms with Crippen LogP contribution in [0.4, 0.5) is 5.69 Å². The molecule has 1 aliphatic rings. The minimum Gasteiger partial charge on any atom is -0.366 e. The van der Waals surface area contributed by atoms with Crippen LogP contribution in [-0.2, 0) is 17.9 Å². The number of nitrogens with zero attached hydrogens (tertiary/aromatic N) is 4. The third-order valence-electron chi connectivity index (χ3n) is 6.77. The van der Waals surface area contributed by atoms with Crippen molar-refractivity contribution in [2.24, 2.45) is 0 Å². The molecule has 0 saturated carbocycles. The number of piperazine rings is 1. The third-order valence-corrected chi connectivity index (χ3v) is 6.77. The van der Waals surface area contributed by atoms with Gasteiger partial charge in [-0.3, -0.25) is 28.4 Å². The summed E-state index contributed by atoms with van der Waals surface area (Å²) in [4.78, 5) is 42.9. The number of nitrogens with one attached hydrogen (secondary N) is 1. The molecule has 1 aromatic heterocycles. The van der Waals surface area contributed by atoms with E-state index in [0.717, 1.165) is 32.6 Å². The molecule has 4 rings (SSSR count). The molecular formula is C28H35N5O3. The molecule has 1 amide bonds. The number of carbonyl (C=O) groups is 1. The first-order valence-corrected chi connectivity index (χ1v) is 12.5. The summed E-state index contributed by atoms with van der Waals surface area (Å²) in [5.41, 5.74) is 2.35. The molecule has 8 nitrogen and oxygen atoms in total. The normalized spacial score (nSPS) is 16.3. The van der Waals surface area contributed by atoms with Crippen molar-refractivity contribution < 1.29 is 4.79 Å². The van der Waals surface area contributed by atoms with Gasteiger partial charge in [0.15, 0.2) is 0 Å². The smallest absolute Gasteiger partial charge is 0.317 e. The van der Waals surface area contributed by atoms with Gasteiger partial charge >= 0.3 is 11.1 Å². The summed E-state index contributed by atoms with van der Waals surface area (Å²) < 4.78 is 2.65. The standard InChI is InChI=1S/C28H35N5O3/c1-4-14-32-24-11-5-6-12-25(24)33(28(36)27(32)35)20-26(34)29-13-8-15-30-16-17-31(22(3)19-30)23-10-7-9-21(2)18-23/h4-7,9-12,18,22H,1,8,13-17,19-20H2,2-3H3,(H,29,34)/t22-/m1/s1. The molecule has 1 aliphatic heterocycles. The number of anilines is 1. The second-order valence-corrected chi connectivity index (χ2v) is 9.47. The van der Waals surface area contributed by atoms with Crippen LogP contribution < -0.4 is 21.3 Å². The molecule has 1 N–H and O–H groups in total. The van der Waals surface area contributed by atoms with Crippen LogP contribution in [0.15, 0.2) is 70.8 Å². The summed E-state index contributed by atoms with van der Waals surface area (Å²) in [7, 11) is 0. The van der Waals surface area contributed by atoms with Gasteiger partial charge in [-0.05, 0) is 56.6 Å². The Morgan fingerprint density at radius 2 is 1.78 bits per heavy atom. The number of hydrogen-bond acceptors (Lipinski definition) is 5. The van der Waals surface area contributed by atoms with Gasteiger partial charge in [-0.2, -0.15) is 0 Å². The van der Waals surface area contributed by atoms with Crippen LogP contribution in [0, 0.1) is 6.92 Å². The zero-order chi connectivity index (χ0) is 25.7. The number of hydrogen-bond donors (Lipinski definition) is 1. The van der Waals surface area contributed by atoms with E-state index >= 15 is 0 Å². The second-order valence-electron chi connectivity index (χ2n) is 9.47. The topological polar surface area (TPSA) is 79.6 Å². The number of carbonyl (C=O) groups excluding carboxylic acids is 1. The maximum atomic E-state index is 12.7. The summed E-state index contributed by atoms with van der Waals surface area (Å²) >= 11 is 0.